The highest BCUT2D eigenvalue weighted by atomic mass is 35.5. The van der Waals surface area contributed by atoms with Crippen LogP contribution in [0.25, 0.3) is 0 Å². The molecule has 0 aliphatic carbocycles. The van der Waals surface area contributed by atoms with Crippen LogP contribution in [0.2, 0.25) is 5.02 Å². The van der Waals surface area contributed by atoms with Gasteiger partial charge in [-0.1, -0.05) is 35.9 Å². The standard InChI is InChI=1S/C18H22ClN3O/c1-2-20-18(22-13-15-6-8-16(19)9-7-15)21-11-10-14-4-3-5-17(23)12-14/h3-9,12,23H,2,10-11,13H2,1H3,(H2,20,21,22). The monoisotopic (exact) mass is 331 g/mol. The van der Waals surface area contributed by atoms with Crippen molar-refractivity contribution in [2.45, 2.75) is 19.9 Å². The van der Waals surface area contributed by atoms with Gasteiger partial charge in [-0.3, -0.25) is 0 Å². The van der Waals surface area contributed by atoms with Gasteiger partial charge in [-0.25, -0.2) is 4.99 Å². The molecule has 0 aliphatic rings. The summed E-state index contributed by atoms with van der Waals surface area (Å²) in [5, 5.41) is 16.7. The Hall–Kier alpha value is -2.20. The van der Waals surface area contributed by atoms with Crippen LogP contribution in [-0.2, 0) is 13.0 Å². The smallest absolute Gasteiger partial charge is 0.191 e. The lowest BCUT2D eigenvalue weighted by Gasteiger charge is -2.11. The third-order valence-corrected chi connectivity index (χ3v) is 3.55. The van der Waals surface area contributed by atoms with Gasteiger partial charge < -0.3 is 15.7 Å². The average Bonchev–Trinajstić information content (AvgIpc) is 2.54. The van der Waals surface area contributed by atoms with Crippen LogP contribution in [0.15, 0.2) is 53.5 Å². The van der Waals surface area contributed by atoms with Gasteiger partial charge in [-0.15, -0.1) is 0 Å². The molecule has 0 fully saturated rings. The fraction of sp³-hybridized carbons (Fsp3) is 0.278. The highest BCUT2D eigenvalue weighted by Gasteiger charge is 1.99. The number of guanidine groups is 1. The van der Waals surface area contributed by atoms with E-state index in [0.29, 0.717) is 12.3 Å². The molecule has 2 aromatic carbocycles. The highest BCUT2D eigenvalue weighted by molar-refractivity contribution is 6.30. The summed E-state index contributed by atoms with van der Waals surface area (Å²) < 4.78 is 0. The van der Waals surface area contributed by atoms with Crippen molar-refractivity contribution in [3.05, 3.63) is 64.7 Å². The van der Waals surface area contributed by atoms with Crippen LogP contribution >= 0.6 is 11.6 Å². The predicted octanol–water partition coefficient (Wildman–Crippen LogP) is 3.34. The maximum Gasteiger partial charge on any atom is 0.191 e. The quantitative estimate of drug-likeness (QED) is 0.562. The van der Waals surface area contributed by atoms with Crippen LogP contribution in [0.1, 0.15) is 18.1 Å². The van der Waals surface area contributed by atoms with Crippen LogP contribution in [0, 0.1) is 0 Å². The van der Waals surface area contributed by atoms with E-state index >= 15 is 0 Å². The van der Waals surface area contributed by atoms with E-state index in [4.69, 9.17) is 11.6 Å². The van der Waals surface area contributed by atoms with Gasteiger partial charge in [0.15, 0.2) is 5.96 Å². The third-order valence-electron chi connectivity index (χ3n) is 3.29. The second-order valence-corrected chi connectivity index (χ2v) is 5.60. The molecule has 3 N–H and O–H groups in total. The normalized spacial score (nSPS) is 11.3. The lowest BCUT2D eigenvalue weighted by atomic mass is 10.1. The van der Waals surface area contributed by atoms with Crippen molar-refractivity contribution in [1.29, 1.82) is 0 Å². The number of phenols is 1. The summed E-state index contributed by atoms with van der Waals surface area (Å²) in [6, 6.07) is 15.0. The molecule has 0 aromatic heterocycles. The number of rotatable bonds is 6. The molecule has 23 heavy (non-hydrogen) atoms. The number of phenolic OH excluding ortho intramolecular Hbond substituents is 1. The molecule has 0 heterocycles. The first kappa shape index (κ1) is 17.2. The van der Waals surface area contributed by atoms with Gasteiger partial charge in [-0.05, 0) is 48.7 Å². The minimum Gasteiger partial charge on any atom is -0.508 e. The van der Waals surface area contributed by atoms with E-state index in [1.165, 1.54) is 0 Å². The van der Waals surface area contributed by atoms with E-state index < -0.39 is 0 Å². The summed E-state index contributed by atoms with van der Waals surface area (Å²) in [6.07, 6.45) is 0.819. The molecule has 0 unspecified atom stereocenters. The molecule has 0 saturated heterocycles. The topological polar surface area (TPSA) is 56.7 Å². The van der Waals surface area contributed by atoms with Crippen molar-refractivity contribution < 1.29 is 5.11 Å². The summed E-state index contributed by atoms with van der Waals surface area (Å²) in [6.45, 7) is 4.18. The van der Waals surface area contributed by atoms with Gasteiger partial charge in [0.2, 0.25) is 0 Å². The van der Waals surface area contributed by atoms with Crippen LogP contribution in [-0.4, -0.2) is 24.2 Å². The first-order valence-corrected chi connectivity index (χ1v) is 8.09. The SMILES string of the molecule is CCNC(=NCc1ccc(Cl)cc1)NCCc1cccc(O)c1. The third kappa shape index (κ3) is 6.20. The van der Waals surface area contributed by atoms with Gasteiger partial charge in [0.05, 0.1) is 6.54 Å². The molecular weight excluding hydrogens is 310 g/mol. The van der Waals surface area contributed by atoms with E-state index in [0.717, 1.165) is 41.6 Å². The maximum atomic E-state index is 9.47. The Morgan fingerprint density at radius 1 is 1.09 bits per heavy atom. The molecule has 122 valence electrons. The van der Waals surface area contributed by atoms with E-state index in [2.05, 4.69) is 15.6 Å². The fourth-order valence-corrected chi connectivity index (χ4v) is 2.27. The minimum absolute atomic E-state index is 0.297. The second kappa shape index (κ2) is 9.06. The number of hydrogen-bond acceptors (Lipinski definition) is 2. The summed E-state index contributed by atoms with van der Waals surface area (Å²) in [7, 11) is 0. The Morgan fingerprint density at radius 2 is 1.87 bits per heavy atom. The van der Waals surface area contributed by atoms with Crippen LogP contribution in [0.3, 0.4) is 0 Å². The predicted molar refractivity (Wildman–Crippen MR) is 96.1 cm³/mol. The Balaban J connectivity index is 1.87. The van der Waals surface area contributed by atoms with Gasteiger partial charge >= 0.3 is 0 Å². The molecule has 0 aliphatic heterocycles. The van der Waals surface area contributed by atoms with Crippen molar-refractivity contribution in [1.82, 2.24) is 10.6 Å². The van der Waals surface area contributed by atoms with Crippen LogP contribution in [0.4, 0.5) is 0 Å². The number of hydrogen-bond donors (Lipinski definition) is 3. The molecule has 4 nitrogen and oxygen atoms in total. The van der Waals surface area contributed by atoms with Gasteiger partial charge in [0.1, 0.15) is 5.75 Å². The second-order valence-electron chi connectivity index (χ2n) is 5.17. The molecule has 0 spiro atoms. The van der Waals surface area contributed by atoms with Crippen LogP contribution in [0.5, 0.6) is 5.75 Å². The van der Waals surface area contributed by atoms with E-state index in [-0.39, 0.29) is 0 Å². The number of aliphatic imine (C=N–C) groups is 1. The summed E-state index contributed by atoms with van der Waals surface area (Å²) in [5.41, 5.74) is 2.20. The Bertz CT molecular complexity index is 641. The van der Waals surface area contributed by atoms with Crippen LogP contribution < -0.4 is 10.6 Å². The Labute approximate surface area is 142 Å². The van der Waals surface area contributed by atoms with E-state index in [1.807, 2.05) is 43.3 Å². The lowest BCUT2D eigenvalue weighted by molar-refractivity contribution is 0.474. The molecule has 2 rings (SSSR count). The zero-order valence-electron chi connectivity index (χ0n) is 13.2. The Morgan fingerprint density at radius 3 is 2.57 bits per heavy atom. The van der Waals surface area contributed by atoms with Gasteiger partial charge in [0, 0.05) is 18.1 Å². The maximum absolute atomic E-state index is 9.47. The number of nitrogens with zero attached hydrogens (tertiary/aromatic N) is 1. The Kier molecular flexibility index (Phi) is 6.76. The molecule has 0 radical (unpaired) electrons. The van der Waals surface area contributed by atoms with Gasteiger partial charge in [-0.2, -0.15) is 0 Å². The van der Waals surface area contributed by atoms with Gasteiger partial charge in [0.25, 0.3) is 0 Å². The van der Waals surface area contributed by atoms with Crippen molar-refractivity contribution in [2.24, 2.45) is 4.99 Å². The van der Waals surface area contributed by atoms with Crippen molar-refractivity contribution in [2.75, 3.05) is 13.1 Å². The van der Waals surface area contributed by atoms with E-state index in [1.54, 1.807) is 12.1 Å². The first-order valence-electron chi connectivity index (χ1n) is 7.72. The van der Waals surface area contributed by atoms with Crippen molar-refractivity contribution >= 4 is 17.6 Å². The molecule has 2 aromatic rings. The molecular formula is C18H22ClN3O. The number of aromatic hydroxyl groups is 1. The average molecular weight is 332 g/mol. The number of nitrogens with one attached hydrogen (secondary N) is 2. The molecule has 5 heteroatoms. The molecule has 0 saturated carbocycles. The number of benzene rings is 2. The molecule has 0 amide bonds. The molecule has 0 atom stereocenters. The fourth-order valence-electron chi connectivity index (χ4n) is 2.14. The van der Waals surface area contributed by atoms with E-state index in [9.17, 15) is 5.11 Å². The number of halogens is 1. The van der Waals surface area contributed by atoms with Crippen molar-refractivity contribution in [3.8, 4) is 5.75 Å². The summed E-state index contributed by atoms with van der Waals surface area (Å²) in [4.78, 5) is 4.56. The summed E-state index contributed by atoms with van der Waals surface area (Å²) in [5.74, 6) is 1.08. The lowest BCUT2D eigenvalue weighted by Crippen LogP contribution is -2.38. The first-order chi connectivity index (χ1) is 11.2. The molecule has 0 bridgehead atoms. The summed E-state index contributed by atoms with van der Waals surface area (Å²) >= 11 is 5.88. The van der Waals surface area contributed by atoms with Crippen molar-refractivity contribution in [3.63, 3.8) is 0 Å². The zero-order chi connectivity index (χ0) is 16.5. The zero-order valence-corrected chi connectivity index (χ0v) is 14.0. The largest absolute Gasteiger partial charge is 0.508 e. The minimum atomic E-state index is 0.297. The highest BCUT2D eigenvalue weighted by Crippen LogP contribution is 2.11.